The minimum Gasteiger partial charge on any atom is -0.483 e. The zero-order valence-electron chi connectivity index (χ0n) is 19.7. The Kier molecular flexibility index (Phi) is 10.0. The topological polar surface area (TPSA) is 122 Å². The molecule has 0 aliphatic rings. The number of ether oxygens (including phenoxy) is 1. The van der Waals surface area contributed by atoms with Crippen LogP contribution >= 0.6 is 0 Å². The molecule has 184 valence electrons. The highest BCUT2D eigenvalue weighted by Crippen LogP contribution is 2.26. The van der Waals surface area contributed by atoms with Crippen molar-refractivity contribution >= 4 is 17.7 Å². The highest BCUT2D eigenvalue weighted by Gasteiger charge is 2.26. The van der Waals surface area contributed by atoms with Crippen LogP contribution in [0.25, 0.3) is 0 Å². The summed E-state index contributed by atoms with van der Waals surface area (Å²) in [6.45, 7) is 3.56. The first-order valence-corrected chi connectivity index (χ1v) is 11.1. The third kappa shape index (κ3) is 7.55. The van der Waals surface area contributed by atoms with Crippen LogP contribution in [-0.2, 0) is 11.2 Å². The van der Waals surface area contributed by atoms with E-state index in [-0.39, 0.29) is 12.4 Å². The predicted molar refractivity (Wildman–Crippen MR) is 126 cm³/mol. The molecule has 0 unspecified atom stereocenters. The van der Waals surface area contributed by atoms with Crippen LogP contribution in [0, 0.1) is 11.7 Å². The molecule has 8 nitrogen and oxygen atoms in total. The molecule has 0 heterocycles. The molecule has 0 aliphatic carbocycles. The predicted octanol–water partition coefficient (Wildman–Crippen LogP) is 2.14. The van der Waals surface area contributed by atoms with Gasteiger partial charge in [-0.25, -0.2) is 4.39 Å². The van der Waals surface area contributed by atoms with Gasteiger partial charge < -0.3 is 25.8 Å². The van der Waals surface area contributed by atoms with Gasteiger partial charge in [0.2, 0.25) is 0 Å². The summed E-state index contributed by atoms with van der Waals surface area (Å²) < 4.78 is 20.5. The Morgan fingerprint density at radius 3 is 2.41 bits per heavy atom. The van der Waals surface area contributed by atoms with Gasteiger partial charge in [-0.05, 0) is 36.5 Å². The lowest BCUT2D eigenvalue weighted by molar-refractivity contribution is -0.124. The molecule has 0 bridgehead atoms. The number of nitrogens with zero attached hydrogens (tertiary/aromatic N) is 1. The maximum atomic E-state index is 15.1. The number of amides is 3. The van der Waals surface area contributed by atoms with Crippen molar-refractivity contribution in [1.29, 1.82) is 0 Å². The summed E-state index contributed by atoms with van der Waals surface area (Å²) in [4.78, 5) is 38.3. The lowest BCUT2D eigenvalue weighted by atomic mass is 10.1. The number of nitrogens with two attached hydrogens (primary N) is 1. The number of carbonyl (C=O) groups excluding carboxylic acids is 3. The van der Waals surface area contributed by atoms with E-state index in [0.717, 1.165) is 11.6 Å². The number of halogens is 1. The van der Waals surface area contributed by atoms with Crippen molar-refractivity contribution < 1.29 is 28.6 Å². The van der Waals surface area contributed by atoms with E-state index in [1.807, 2.05) is 44.2 Å². The van der Waals surface area contributed by atoms with E-state index in [4.69, 9.17) is 10.5 Å². The number of carbonyl (C=O) groups is 3. The smallest absolute Gasteiger partial charge is 0.260 e. The van der Waals surface area contributed by atoms with Crippen molar-refractivity contribution in [3.8, 4) is 5.75 Å². The molecule has 1 atom stereocenters. The Morgan fingerprint density at radius 1 is 1.15 bits per heavy atom. The van der Waals surface area contributed by atoms with Crippen LogP contribution in [-0.4, -0.2) is 60.6 Å². The standard InChI is InChI=1S/C25H32FN3O5/c1-16(2)11-12-29(3)25(33)22-20(10-9-19(23(22)26)24(27)32)34-15-21(31)28-18(14-30)13-17-7-5-4-6-8-17/h4-10,16,18,30H,11-15H2,1-3H3,(H2,27,32)(H,28,31)/t18-/m0/s1. The van der Waals surface area contributed by atoms with Crippen LogP contribution in [0.3, 0.4) is 0 Å². The normalized spacial score (nSPS) is 11.7. The van der Waals surface area contributed by atoms with Crippen molar-refractivity contribution in [1.82, 2.24) is 10.2 Å². The number of aliphatic hydroxyl groups excluding tert-OH is 1. The van der Waals surface area contributed by atoms with Crippen molar-refractivity contribution in [2.75, 3.05) is 26.8 Å². The number of nitrogens with one attached hydrogen (secondary N) is 1. The highest BCUT2D eigenvalue weighted by atomic mass is 19.1. The fourth-order valence-corrected chi connectivity index (χ4v) is 3.28. The van der Waals surface area contributed by atoms with Crippen molar-refractivity contribution in [2.45, 2.75) is 32.7 Å². The summed E-state index contributed by atoms with van der Waals surface area (Å²) in [5.41, 5.74) is 5.26. The van der Waals surface area contributed by atoms with Crippen molar-refractivity contribution in [3.63, 3.8) is 0 Å². The van der Waals surface area contributed by atoms with Crippen LogP contribution in [0.5, 0.6) is 5.75 Å². The molecular formula is C25H32FN3O5. The van der Waals surface area contributed by atoms with Gasteiger partial charge in [0.15, 0.2) is 12.4 Å². The summed E-state index contributed by atoms with van der Waals surface area (Å²) in [6, 6.07) is 11.1. The fraction of sp³-hybridized carbons (Fsp3) is 0.400. The first-order chi connectivity index (χ1) is 16.1. The molecule has 0 fully saturated rings. The van der Waals surface area contributed by atoms with Gasteiger partial charge in [0, 0.05) is 13.6 Å². The van der Waals surface area contributed by atoms with E-state index >= 15 is 4.39 Å². The van der Waals surface area contributed by atoms with Crippen LogP contribution in [0.2, 0.25) is 0 Å². The molecule has 0 aliphatic heterocycles. The molecule has 3 amide bonds. The monoisotopic (exact) mass is 473 g/mol. The third-order valence-corrected chi connectivity index (χ3v) is 5.24. The van der Waals surface area contributed by atoms with Crippen LogP contribution < -0.4 is 15.8 Å². The van der Waals surface area contributed by atoms with Gasteiger partial charge in [0.1, 0.15) is 11.3 Å². The molecule has 2 rings (SSSR count). The minimum absolute atomic E-state index is 0.178. The molecule has 0 aromatic heterocycles. The van der Waals surface area contributed by atoms with E-state index in [9.17, 15) is 19.5 Å². The molecule has 34 heavy (non-hydrogen) atoms. The lowest BCUT2D eigenvalue weighted by Gasteiger charge is -2.21. The van der Waals surface area contributed by atoms with Crippen LogP contribution in [0.4, 0.5) is 4.39 Å². The molecule has 9 heteroatoms. The summed E-state index contributed by atoms with van der Waals surface area (Å²) >= 11 is 0. The second-order valence-electron chi connectivity index (χ2n) is 8.50. The van der Waals surface area contributed by atoms with E-state index in [0.29, 0.717) is 25.3 Å². The number of benzene rings is 2. The number of hydrogen-bond acceptors (Lipinski definition) is 5. The largest absolute Gasteiger partial charge is 0.483 e. The second-order valence-corrected chi connectivity index (χ2v) is 8.50. The Balaban J connectivity index is 2.15. The van der Waals surface area contributed by atoms with Crippen molar-refractivity contribution in [2.24, 2.45) is 11.7 Å². The van der Waals surface area contributed by atoms with Crippen LogP contribution in [0.15, 0.2) is 42.5 Å². The Hall–Kier alpha value is -3.46. The van der Waals surface area contributed by atoms with E-state index < -0.39 is 47.3 Å². The first-order valence-electron chi connectivity index (χ1n) is 11.1. The molecule has 0 radical (unpaired) electrons. The van der Waals surface area contributed by atoms with Gasteiger partial charge in [-0.2, -0.15) is 0 Å². The zero-order chi connectivity index (χ0) is 25.3. The first kappa shape index (κ1) is 26.8. The maximum Gasteiger partial charge on any atom is 0.260 e. The average Bonchev–Trinajstić information content (AvgIpc) is 2.80. The van der Waals surface area contributed by atoms with Gasteiger partial charge in [-0.1, -0.05) is 44.2 Å². The Labute approximate surface area is 198 Å². The van der Waals surface area contributed by atoms with Crippen LogP contribution in [0.1, 0.15) is 46.5 Å². The molecule has 0 saturated carbocycles. The summed E-state index contributed by atoms with van der Waals surface area (Å²) in [5, 5.41) is 12.3. The van der Waals surface area contributed by atoms with E-state index in [1.54, 1.807) is 0 Å². The quantitative estimate of drug-likeness (QED) is 0.436. The second kappa shape index (κ2) is 12.7. The molecule has 0 spiro atoms. The summed E-state index contributed by atoms with van der Waals surface area (Å²) in [7, 11) is 1.52. The van der Waals surface area contributed by atoms with Gasteiger partial charge in [-0.15, -0.1) is 0 Å². The van der Waals surface area contributed by atoms with E-state index in [1.165, 1.54) is 18.0 Å². The number of aliphatic hydroxyl groups is 1. The van der Waals surface area contributed by atoms with Gasteiger partial charge in [-0.3, -0.25) is 14.4 Å². The SMILES string of the molecule is CC(C)CCN(C)C(=O)c1c(OCC(=O)N[C@H](CO)Cc2ccccc2)ccc(C(N)=O)c1F. The molecule has 2 aromatic rings. The molecule has 0 saturated heterocycles. The van der Waals surface area contributed by atoms with Crippen molar-refractivity contribution in [3.05, 3.63) is 65.0 Å². The Bertz CT molecular complexity index is 998. The third-order valence-electron chi connectivity index (χ3n) is 5.24. The molecular weight excluding hydrogens is 441 g/mol. The minimum atomic E-state index is -1.09. The van der Waals surface area contributed by atoms with E-state index in [2.05, 4.69) is 5.32 Å². The molecule has 2 aromatic carbocycles. The zero-order valence-corrected chi connectivity index (χ0v) is 19.7. The lowest BCUT2D eigenvalue weighted by Crippen LogP contribution is -2.41. The number of hydrogen-bond donors (Lipinski definition) is 3. The Morgan fingerprint density at radius 2 is 1.82 bits per heavy atom. The highest BCUT2D eigenvalue weighted by molar-refractivity contribution is 6.01. The molecule has 4 N–H and O–H groups in total. The summed E-state index contributed by atoms with van der Waals surface area (Å²) in [6.07, 6.45) is 1.11. The maximum absolute atomic E-state index is 15.1. The van der Waals surface area contributed by atoms with Gasteiger partial charge >= 0.3 is 0 Å². The van der Waals surface area contributed by atoms with Gasteiger partial charge in [0.05, 0.1) is 18.2 Å². The average molecular weight is 474 g/mol. The number of rotatable bonds is 12. The fourth-order valence-electron chi connectivity index (χ4n) is 3.28. The number of primary amides is 1. The summed E-state index contributed by atoms with van der Waals surface area (Å²) in [5.74, 6) is -3.21. The van der Waals surface area contributed by atoms with Gasteiger partial charge in [0.25, 0.3) is 17.7 Å².